The van der Waals surface area contributed by atoms with Gasteiger partial charge in [-0.1, -0.05) is 32.4 Å². The largest absolute Gasteiger partial charge is 0.356 e. The predicted molar refractivity (Wildman–Crippen MR) is 67.6 cm³/mol. The van der Waals surface area contributed by atoms with Crippen LogP contribution in [0.5, 0.6) is 0 Å². The first-order valence-electron chi connectivity index (χ1n) is 4.94. The van der Waals surface area contributed by atoms with Gasteiger partial charge in [0.05, 0.1) is 0 Å². The molecule has 0 unspecified atom stereocenters. The van der Waals surface area contributed by atoms with Gasteiger partial charge in [-0.05, 0) is 24.1 Å². The Balaban J connectivity index is 2.76. The summed E-state index contributed by atoms with van der Waals surface area (Å²) in [5.41, 5.74) is 1.27. The molecule has 1 aliphatic carbocycles. The lowest BCUT2D eigenvalue weighted by Crippen LogP contribution is -2.26. The van der Waals surface area contributed by atoms with Crippen LogP contribution in [0.3, 0.4) is 0 Å². The summed E-state index contributed by atoms with van der Waals surface area (Å²) in [6, 6.07) is 0. The van der Waals surface area contributed by atoms with Crippen molar-refractivity contribution >= 4 is 40.1 Å². The molecule has 0 fully saturated rings. The third-order valence-corrected chi connectivity index (χ3v) is 3.95. The van der Waals surface area contributed by atoms with E-state index in [9.17, 15) is 0 Å². The highest BCUT2D eigenvalue weighted by molar-refractivity contribution is 7.34. The van der Waals surface area contributed by atoms with Gasteiger partial charge in [-0.3, -0.25) is 0 Å². The van der Waals surface area contributed by atoms with Gasteiger partial charge in [-0.15, -0.1) is 11.6 Å². The number of hydrogen-bond donors (Lipinski definition) is 0. The molecular weight excluding hydrogens is 237 g/mol. The van der Waals surface area contributed by atoms with E-state index in [1.807, 2.05) is 0 Å². The Morgan fingerprint density at radius 3 is 2.36 bits per heavy atom. The summed E-state index contributed by atoms with van der Waals surface area (Å²) < 4.78 is 0. The molecule has 0 aromatic carbocycles. The van der Waals surface area contributed by atoms with Crippen molar-refractivity contribution in [2.45, 2.75) is 44.8 Å². The quantitative estimate of drug-likeness (QED) is 0.361. The van der Waals surface area contributed by atoms with Crippen molar-refractivity contribution in [1.29, 1.82) is 0 Å². The Morgan fingerprint density at radius 1 is 1.36 bits per heavy atom. The van der Waals surface area contributed by atoms with Gasteiger partial charge in [0.25, 0.3) is 0 Å². The maximum absolute atomic E-state index is 6.18. The molecule has 0 heterocycles. The SMILES string of the molecule is CC(C)(C)C1=CC[C@H](Cl)[C@H](B(Cl)Cl)C1. The molecule has 0 spiro atoms. The highest BCUT2D eigenvalue weighted by Crippen LogP contribution is 2.43. The summed E-state index contributed by atoms with van der Waals surface area (Å²) in [4.78, 5) is 0. The van der Waals surface area contributed by atoms with Gasteiger partial charge in [0.15, 0.2) is 0 Å². The van der Waals surface area contributed by atoms with Crippen molar-refractivity contribution in [3.63, 3.8) is 0 Å². The van der Waals surface area contributed by atoms with E-state index >= 15 is 0 Å². The smallest absolute Gasteiger partial charge is 0.171 e. The molecule has 0 saturated carbocycles. The van der Waals surface area contributed by atoms with Crippen molar-refractivity contribution in [3.05, 3.63) is 11.6 Å². The summed E-state index contributed by atoms with van der Waals surface area (Å²) in [6.07, 6.45) is 4.05. The Hall–Kier alpha value is 0.675. The molecule has 80 valence electrons. The zero-order valence-electron chi connectivity index (χ0n) is 8.86. The second-order valence-corrected chi connectivity index (χ2v) is 6.66. The van der Waals surface area contributed by atoms with Crippen LogP contribution in [0.1, 0.15) is 33.6 Å². The number of rotatable bonds is 1. The molecule has 0 amide bonds. The van der Waals surface area contributed by atoms with Gasteiger partial charge in [-0.2, -0.15) is 22.9 Å². The number of halogens is 3. The van der Waals surface area contributed by atoms with E-state index in [1.54, 1.807) is 0 Å². The average Bonchev–Trinajstić information content (AvgIpc) is 2.02. The van der Waals surface area contributed by atoms with Crippen LogP contribution in [-0.2, 0) is 0 Å². The van der Waals surface area contributed by atoms with Gasteiger partial charge >= 0.3 is 5.54 Å². The number of alkyl halides is 1. The van der Waals surface area contributed by atoms with Crippen LogP contribution in [0.25, 0.3) is 0 Å². The minimum atomic E-state index is -0.358. The molecule has 0 radical (unpaired) electrons. The van der Waals surface area contributed by atoms with Crippen molar-refractivity contribution in [3.8, 4) is 0 Å². The van der Waals surface area contributed by atoms with E-state index in [1.165, 1.54) is 5.57 Å². The highest BCUT2D eigenvalue weighted by Gasteiger charge is 2.34. The first-order valence-corrected chi connectivity index (χ1v) is 6.25. The van der Waals surface area contributed by atoms with Crippen molar-refractivity contribution in [2.75, 3.05) is 0 Å². The summed E-state index contributed by atoms with van der Waals surface area (Å²) >= 11 is 18.0. The van der Waals surface area contributed by atoms with Crippen molar-refractivity contribution in [2.24, 2.45) is 5.41 Å². The van der Waals surface area contributed by atoms with Crippen LogP contribution in [0.4, 0.5) is 0 Å². The van der Waals surface area contributed by atoms with Crippen LogP contribution in [0.15, 0.2) is 11.6 Å². The lowest BCUT2D eigenvalue weighted by molar-refractivity contribution is 0.460. The Labute approximate surface area is 102 Å². The molecule has 0 aromatic heterocycles. The Morgan fingerprint density at radius 2 is 1.93 bits per heavy atom. The van der Waals surface area contributed by atoms with Crippen LogP contribution in [0, 0.1) is 5.41 Å². The van der Waals surface area contributed by atoms with Crippen molar-refractivity contribution in [1.82, 2.24) is 0 Å². The first kappa shape index (κ1) is 12.7. The molecule has 2 atom stereocenters. The monoisotopic (exact) mass is 252 g/mol. The van der Waals surface area contributed by atoms with E-state index in [0.717, 1.165) is 12.8 Å². The minimum Gasteiger partial charge on any atom is -0.171 e. The third-order valence-electron chi connectivity index (χ3n) is 2.80. The van der Waals surface area contributed by atoms with Crippen LogP contribution < -0.4 is 0 Å². The summed E-state index contributed by atoms with van der Waals surface area (Å²) in [5, 5.41) is 0.0844. The lowest BCUT2D eigenvalue weighted by atomic mass is 9.68. The molecule has 0 bridgehead atoms. The maximum Gasteiger partial charge on any atom is 0.356 e. The maximum atomic E-state index is 6.18. The Kier molecular flexibility index (Phi) is 4.26. The summed E-state index contributed by atoms with van der Waals surface area (Å²) in [5.74, 6) is 0.194. The van der Waals surface area contributed by atoms with E-state index in [2.05, 4.69) is 26.8 Å². The van der Waals surface area contributed by atoms with E-state index < -0.39 is 0 Å². The average molecular weight is 253 g/mol. The topological polar surface area (TPSA) is 0 Å². The second kappa shape index (κ2) is 4.68. The molecular formula is C10H16BCl3. The van der Waals surface area contributed by atoms with Crippen LogP contribution in [0.2, 0.25) is 5.82 Å². The Bertz CT molecular complexity index is 230. The minimum absolute atomic E-state index is 0.0844. The molecule has 0 aromatic rings. The molecule has 1 aliphatic rings. The zero-order valence-corrected chi connectivity index (χ0v) is 11.1. The van der Waals surface area contributed by atoms with E-state index in [0.29, 0.717) is 0 Å². The van der Waals surface area contributed by atoms with E-state index in [-0.39, 0.29) is 22.2 Å². The predicted octanol–water partition coefficient (Wildman–Crippen LogP) is 4.70. The fraction of sp³-hybridized carbons (Fsp3) is 0.800. The fourth-order valence-corrected chi connectivity index (χ4v) is 2.76. The van der Waals surface area contributed by atoms with Crippen LogP contribution in [-0.4, -0.2) is 10.9 Å². The van der Waals surface area contributed by atoms with Crippen molar-refractivity contribution < 1.29 is 0 Å². The lowest BCUT2D eigenvalue weighted by Gasteiger charge is -2.33. The molecule has 0 aliphatic heterocycles. The molecule has 4 heteroatoms. The number of allylic oxidation sites excluding steroid dienone is 2. The van der Waals surface area contributed by atoms with Gasteiger partial charge in [0.2, 0.25) is 0 Å². The molecule has 0 saturated heterocycles. The fourth-order valence-electron chi connectivity index (χ4n) is 1.75. The zero-order chi connectivity index (χ0) is 10.9. The number of hydrogen-bond acceptors (Lipinski definition) is 0. The van der Waals surface area contributed by atoms with Gasteiger partial charge in [0.1, 0.15) is 0 Å². The molecule has 1 rings (SSSR count). The molecule has 14 heavy (non-hydrogen) atoms. The molecule has 0 nitrogen and oxygen atoms in total. The molecule has 0 N–H and O–H groups in total. The standard InChI is InChI=1S/C10H16BCl3/c1-10(2,3)7-4-5-9(12)8(6-7)11(13)14/h4,8-9H,5-6H2,1-3H3/t8-,9+/m1/s1. The highest BCUT2D eigenvalue weighted by atomic mass is 35.5. The second-order valence-electron chi connectivity index (χ2n) is 4.93. The normalized spacial score (nSPS) is 28.6. The summed E-state index contributed by atoms with van der Waals surface area (Å²) in [6.45, 7) is 6.63. The summed E-state index contributed by atoms with van der Waals surface area (Å²) in [7, 11) is 0. The van der Waals surface area contributed by atoms with Gasteiger partial charge in [0, 0.05) is 5.38 Å². The first-order chi connectivity index (χ1) is 6.32. The van der Waals surface area contributed by atoms with E-state index in [4.69, 9.17) is 34.5 Å². The van der Waals surface area contributed by atoms with Crippen LogP contribution >= 0.6 is 34.5 Å². The third kappa shape index (κ3) is 3.08. The van der Waals surface area contributed by atoms with Gasteiger partial charge < -0.3 is 0 Å². The van der Waals surface area contributed by atoms with Gasteiger partial charge in [-0.25, -0.2) is 0 Å².